The van der Waals surface area contributed by atoms with Crippen LogP contribution in [0.4, 0.5) is 17.1 Å². The molecule has 13 rings (SSSR count). The number of para-hydroxylation sites is 2. The fourth-order valence-corrected chi connectivity index (χ4v) is 11.6. The van der Waals surface area contributed by atoms with Gasteiger partial charge in [0, 0.05) is 39.2 Å². The van der Waals surface area contributed by atoms with Gasteiger partial charge in [0.25, 0.3) is 0 Å². The summed E-state index contributed by atoms with van der Waals surface area (Å²) in [5.74, 6) is 0. The minimum Gasteiger partial charge on any atom is -0.456 e. The first-order chi connectivity index (χ1) is 32.1. The molecular formula is C63H43NO. The van der Waals surface area contributed by atoms with Gasteiger partial charge in [-0.05, 0) is 110 Å². The zero-order valence-corrected chi connectivity index (χ0v) is 35.9. The van der Waals surface area contributed by atoms with Gasteiger partial charge in [0.05, 0.1) is 11.1 Å². The number of rotatable bonds is 7. The fraction of sp³-hybridized carbons (Fsp3) is 0.0476. The van der Waals surface area contributed by atoms with Crippen LogP contribution in [0.5, 0.6) is 0 Å². The molecule has 0 amide bonds. The van der Waals surface area contributed by atoms with Crippen molar-refractivity contribution in [2.24, 2.45) is 0 Å². The first kappa shape index (κ1) is 37.4. The molecule has 0 bridgehead atoms. The lowest BCUT2D eigenvalue weighted by Crippen LogP contribution is -2.28. The van der Waals surface area contributed by atoms with E-state index < -0.39 is 5.41 Å². The van der Waals surface area contributed by atoms with Crippen LogP contribution < -0.4 is 4.90 Å². The van der Waals surface area contributed by atoms with Crippen LogP contribution in [-0.4, -0.2) is 0 Å². The van der Waals surface area contributed by atoms with E-state index in [0.29, 0.717) is 0 Å². The van der Waals surface area contributed by atoms with Gasteiger partial charge in [-0.2, -0.15) is 0 Å². The summed E-state index contributed by atoms with van der Waals surface area (Å²) in [5.41, 5.74) is 20.4. The molecule has 2 aliphatic rings. The SMILES string of the molecule is CC1(c2ccccc2)c2ccccc2-c2c(-c3ccccc3N(c3ccc4c(c3)C(c3ccccc3)(c3ccccc3)c3ccccc3-4)c3ccc4c(c3)oc3ccccc34)cccc21. The summed E-state index contributed by atoms with van der Waals surface area (Å²) in [7, 11) is 0. The molecule has 306 valence electrons. The molecule has 2 nitrogen and oxygen atoms in total. The summed E-state index contributed by atoms with van der Waals surface area (Å²) in [6.07, 6.45) is 0. The van der Waals surface area contributed by atoms with Crippen molar-refractivity contribution in [2.75, 3.05) is 4.90 Å². The number of fused-ring (bicyclic) bond motifs is 9. The highest BCUT2D eigenvalue weighted by molar-refractivity contribution is 6.07. The molecule has 0 radical (unpaired) electrons. The average molecular weight is 830 g/mol. The van der Waals surface area contributed by atoms with Crippen LogP contribution in [0.15, 0.2) is 247 Å². The Bertz CT molecular complexity index is 3580. The van der Waals surface area contributed by atoms with Gasteiger partial charge in [0.1, 0.15) is 11.2 Å². The summed E-state index contributed by atoms with van der Waals surface area (Å²) in [6, 6.07) is 89.2. The first-order valence-corrected chi connectivity index (χ1v) is 22.6. The van der Waals surface area contributed by atoms with E-state index in [4.69, 9.17) is 4.42 Å². The molecule has 0 N–H and O–H groups in total. The molecule has 2 aliphatic carbocycles. The van der Waals surface area contributed by atoms with Gasteiger partial charge in [-0.25, -0.2) is 0 Å². The van der Waals surface area contributed by atoms with E-state index in [0.717, 1.165) is 44.6 Å². The van der Waals surface area contributed by atoms with Gasteiger partial charge in [0.15, 0.2) is 0 Å². The molecule has 2 heteroatoms. The van der Waals surface area contributed by atoms with Crippen LogP contribution in [0.3, 0.4) is 0 Å². The summed E-state index contributed by atoms with van der Waals surface area (Å²) in [4.78, 5) is 2.46. The van der Waals surface area contributed by atoms with Gasteiger partial charge in [-0.3, -0.25) is 0 Å². The van der Waals surface area contributed by atoms with Crippen molar-refractivity contribution in [3.05, 3.63) is 282 Å². The second-order valence-corrected chi connectivity index (χ2v) is 17.7. The second kappa shape index (κ2) is 14.4. The Hall–Kier alpha value is -8.20. The maximum atomic E-state index is 6.63. The molecule has 1 aromatic heterocycles. The third-order valence-corrected chi connectivity index (χ3v) is 14.4. The lowest BCUT2D eigenvalue weighted by Gasteiger charge is -2.35. The number of nitrogens with zero attached hydrogens (tertiary/aromatic N) is 1. The normalized spacial score (nSPS) is 15.3. The molecule has 65 heavy (non-hydrogen) atoms. The third-order valence-electron chi connectivity index (χ3n) is 14.4. The molecule has 0 saturated heterocycles. The van der Waals surface area contributed by atoms with Gasteiger partial charge < -0.3 is 9.32 Å². The van der Waals surface area contributed by atoms with E-state index >= 15 is 0 Å². The summed E-state index contributed by atoms with van der Waals surface area (Å²) < 4.78 is 6.63. The van der Waals surface area contributed by atoms with Crippen LogP contribution in [0.25, 0.3) is 55.3 Å². The first-order valence-electron chi connectivity index (χ1n) is 22.6. The molecule has 11 aromatic rings. The Morgan fingerprint density at radius 2 is 0.862 bits per heavy atom. The van der Waals surface area contributed by atoms with Crippen LogP contribution in [-0.2, 0) is 10.8 Å². The Morgan fingerprint density at radius 3 is 1.62 bits per heavy atom. The van der Waals surface area contributed by atoms with Gasteiger partial charge in [-0.15, -0.1) is 0 Å². The van der Waals surface area contributed by atoms with Gasteiger partial charge in [-0.1, -0.05) is 200 Å². The van der Waals surface area contributed by atoms with E-state index in [2.05, 4.69) is 248 Å². The van der Waals surface area contributed by atoms with E-state index in [1.165, 1.54) is 66.8 Å². The Balaban J connectivity index is 1.09. The highest BCUT2D eigenvalue weighted by atomic mass is 16.3. The molecule has 1 atom stereocenters. The monoisotopic (exact) mass is 829 g/mol. The zero-order chi connectivity index (χ0) is 43.1. The second-order valence-electron chi connectivity index (χ2n) is 17.7. The van der Waals surface area contributed by atoms with Gasteiger partial charge >= 0.3 is 0 Å². The standard InChI is InChI=1S/C63H43NO/c1-62(42-20-5-2-6-21-42)54-31-15-12-29-53(54)61-52(30-19-33-56(61)62)49-27-13-17-34-58(49)64(46-37-39-51-50-28-14-18-35-59(50)65-60(51)41-46)45-36-38-48-47-26-11-16-32-55(47)63(57(48)40-45,43-22-7-3-8-23-43)44-24-9-4-10-25-44/h2-41H,1H3. The molecular weight excluding hydrogens is 787 g/mol. The number of furan rings is 1. The quantitative estimate of drug-likeness (QED) is 0.159. The summed E-state index contributed by atoms with van der Waals surface area (Å²) >= 11 is 0. The van der Waals surface area contributed by atoms with E-state index in [1.807, 2.05) is 6.07 Å². The topological polar surface area (TPSA) is 16.4 Å². The molecule has 1 heterocycles. The fourth-order valence-electron chi connectivity index (χ4n) is 11.6. The predicted molar refractivity (Wildman–Crippen MR) is 269 cm³/mol. The zero-order valence-electron chi connectivity index (χ0n) is 35.9. The summed E-state index contributed by atoms with van der Waals surface area (Å²) in [5, 5.41) is 2.22. The van der Waals surface area contributed by atoms with Crippen molar-refractivity contribution in [1.29, 1.82) is 0 Å². The van der Waals surface area contributed by atoms with Crippen molar-refractivity contribution in [3.63, 3.8) is 0 Å². The van der Waals surface area contributed by atoms with Crippen molar-refractivity contribution < 1.29 is 4.42 Å². The van der Waals surface area contributed by atoms with Crippen LogP contribution >= 0.6 is 0 Å². The minimum atomic E-state index is -0.551. The van der Waals surface area contributed by atoms with Crippen molar-refractivity contribution in [3.8, 4) is 33.4 Å². The number of hydrogen-bond acceptors (Lipinski definition) is 2. The minimum absolute atomic E-state index is 0.322. The molecule has 10 aromatic carbocycles. The lowest BCUT2D eigenvalue weighted by atomic mass is 9.67. The Kier molecular flexibility index (Phi) is 8.29. The van der Waals surface area contributed by atoms with Crippen molar-refractivity contribution >= 4 is 39.0 Å². The third kappa shape index (κ3) is 5.35. The highest BCUT2D eigenvalue weighted by Crippen LogP contribution is 2.59. The summed E-state index contributed by atoms with van der Waals surface area (Å²) in [6.45, 7) is 2.39. The highest BCUT2D eigenvalue weighted by Gasteiger charge is 2.47. The van der Waals surface area contributed by atoms with E-state index in [1.54, 1.807) is 0 Å². The predicted octanol–water partition coefficient (Wildman–Crippen LogP) is 16.4. The number of benzene rings is 10. The van der Waals surface area contributed by atoms with Crippen LogP contribution in [0, 0.1) is 0 Å². The van der Waals surface area contributed by atoms with Crippen LogP contribution in [0.1, 0.15) is 45.9 Å². The maximum absolute atomic E-state index is 6.63. The maximum Gasteiger partial charge on any atom is 0.137 e. The number of hydrogen-bond donors (Lipinski definition) is 0. The average Bonchev–Trinajstić information content (AvgIpc) is 3.99. The molecule has 1 unspecified atom stereocenters. The lowest BCUT2D eigenvalue weighted by molar-refractivity contribution is 0.669. The largest absolute Gasteiger partial charge is 0.456 e. The van der Waals surface area contributed by atoms with Crippen molar-refractivity contribution in [1.82, 2.24) is 0 Å². The van der Waals surface area contributed by atoms with Gasteiger partial charge in [0.2, 0.25) is 0 Å². The van der Waals surface area contributed by atoms with Crippen LogP contribution in [0.2, 0.25) is 0 Å². The Morgan fingerprint density at radius 1 is 0.338 bits per heavy atom. The molecule has 0 spiro atoms. The molecule has 0 fully saturated rings. The van der Waals surface area contributed by atoms with Crippen molar-refractivity contribution in [2.45, 2.75) is 17.8 Å². The molecule has 0 aliphatic heterocycles. The molecule has 0 saturated carbocycles. The smallest absolute Gasteiger partial charge is 0.137 e. The number of anilines is 3. The van der Waals surface area contributed by atoms with E-state index in [-0.39, 0.29) is 5.41 Å². The Labute approximate surface area is 379 Å². The van der Waals surface area contributed by atoms with E-state index in [9.17, 15) is 0 Å².